The van der Waals surface area contributed by atoms with E-state index < -0.39 is 0 Å². The Morgan fingerprint density at radius 3 is 1.40 bits per heavy atom. The second-order valence-corrected chi connectivity index (χ2v) is 5.15. The maximum Gasteiger partial charge on any atom is 0.0715 e. The highest BCUT2D eigenvalue weighted by Crippen LogP contribution is 2.25. The van der Waals surface area contributed by atoms with Crippen LogP contribution in [0.2, 0.25) is 0 Å². The van der Waals surface area contributed by atoms with Gasteiger partial charge >= 0.3 is 0 Å². The van der Waals surface area contributed by atoms with Gasteiger partial charge in [0.2, 0.25) is 0 Å². The number of hydrogen-bond acceptors (Lipinski definition) is 2. The Morgan fingerprint density at radius 2 is 1.10 bits per heavy atom. The molecule has 0 aromatic heterocycles. The van der Waals surface area contributed by atoms with Crippen molar-refractivity contribution >= 4 is 0 Å². The molecule has 0 bridgehead atoms. The molecule has 0 aliphatic carbocycles. The van der Waals surface area contributed by atoms with Gasteiger partial charge in [0.1, 0.15) is 0 Å². The average molecular weight is 270 g/mol. The minimum atomic E-state index is 0.665. The first-order chi connectivity index (χ1) is 9.65. The third-order valence-corrected chi connectivity index (χ3v) is 3.62. The van der Waals surface area contributed by atoms with E-state index >= 15 is 0 Å². The third kappa shape index (κ3) is 3.27. The van der Waals surface area contributed by atoms with Gasteiger partial charge in [-0.25, -0.2) is 0 Å². The van der Waals surface area contributed by atoms with Gasteiger partial charge in [-0.1, -0.05) is 36.4 Å². The predicted molar refractivity (Wildman–Crippen MR) is 82.8 cm³/mol. The number of methoxy groups -OCH3 is 2. The normalized spacial score (nSPS) is 10.8. The van der Waals surface area contributed by atoms with Crippen LogP contribution in [0.1, 0.15) is 22.3 Å². The molecule has 2 heteroatoms. The van der Waals surface area contributed by atoms with Gasteiger partial charge in [0.15, 0.2) is 0 Å². The molecule has 0 aliphatic heterocycles. The van der Waals surface area contributed by atoms with Crippen LogP contribution in [0.3, 0.4) is 0 Å². The molecular weight excluding hydrogens is 248 g/mol. The summed E-state index contributed by atoms with van der Waals surface area (Å²) in [5.74, 6) is 0. The van der Waals surface area contributed by atoms with Crippen molar-refractivity contribution < 1.29 is 9.47 Å². The molecule has 0 saturated carbocycles. The lowest BCUT2D eigenvalue weighted by molar-refractivity contribution is 0.184. The molecule has 0 unspecified atom stereocenters. The summed E-state index contributed by atoms with van der Waals surface area (Å²) in [6.45, 7) is 5.59. The number of benzene rings is 2. The second-order valence-electron chi connectivity index (χ2n) is 5.15. The van der Waals surface area contributed by atoms with Crippen molar-refractivity contribution in [1.29, 1.82) is 0 Å². The summed E-state index contributed by atoms with van der Waals surface area (Å²) >= 11 is 0. The molecule has 0 saturated heterocycles. The Labute approximate surface area is 121 Å². The second kappa shape index (κ2) is 6.69. The number of aryl methyl sites for hydroxylation is 2. The molecule has 2 nitrogen and oxygen atoms in total. The highest BCUT2D eigenvalue weighted by Gasteiger charge is 2.05. The van der Waals surface area contributed by atoms with Crippen LogP contribution in [0.4, 0.5) is 0 Å². The molecule has 0 N–H and O–H groups in total. The SMILES string of the molecule is COCc1ccc(-c2ccc(COC)c(C)c2)cc1C. The van der Waals surface area contributed by atoms with E-state index in [9.17, 15) is 0 Å². The maximum absolute atomic E-state index is 5.20. The first-order valence-electron chi connectivity index (χ1n) is 6.83. The monoisotopic (exact) mass is 270 g/mol. The molecule has 2 aromatic carbocycles. The van der Waals surface area contributed by atoms with Crippen molar-refractivity contribution in [1.82, 2.24) is 0 Å². The summed E-state index contributed by atoms with van der Waals surface area (Å²) in [5.41, 5.74) is 7.50. The van der Waals surface area contributed by atoms with Crippen LogP contribution in [-0.2, 0) is 22.7 Å². The van der Waals surface area contributed by atoms with E-state index in [1.165, 1.54) is 33.4 Å². The first-order valence-corrected chi connectivity index (χ1v) is 6.83. The number of rotatable bonds is 5. The Hall–Kier alpha value is -1.64. The molecule has 2 aromatic rings. The summed E-state index contributed by atoms with van der Waals surface area (Å²) in [4.78, 5) is 0. The lowest BCUT2D eigenvalue weighted by Crippen LogP contribution is -1.94. The van der Waals surface area contributed by atoms with Gasteiger partial charge in [-0.05, 0) is 47.2 Å². The minimum absolute atomic E-state index is 0.665. The fourth-order valence-corrected chi connectivity index (χ4v) is 2.39. The Bertz CT molecular complexity index is 534. The van der Waals surface area contributed by atoms with Crippen LogP contribution >= 0.6 is 0 Å². The predicted octanol–water partition coefficient (Wildman–Crippen LogP) is 4.26. The van der Waals surface area contributed by atoms with Gasteiger partial charge in [0.25, 0.3) is 0 Å². The zero-order valence-corrected chi connectivity index (χ0v) is 12.7. The van der Waals surface area contributed by atoms with E-state index in [2.05, 4.69) is 50.2 Å². The molecule has 0 radical (unpaired) electrons. The van der Waals surface area contributed by atoms with Crippen LogP contribution in [0, 0.1) is 13.8 Å². The summed E-state index contributed by atoms with van der Waals surface area (Å²) in [6.07, 6.45) is 0. The molecule has 106 valence electrons. The molecule has 0 amide bonds. The summed E-state index contributed by atoms with van der Waals surface area (Å²) in [6, 6.07) is 13.1. The van der Waals surface area contributed by atoms with Crippen molar-refractivity contribution in [3.63, 3.8) is 0 Å². The van der Waals surface area contributed by atoms with Gasteiger partial charge in [-0.15, -0.1) is 0 Å². The van der Waals surface area contributed by atoms with Gasteiger partial charge < -0.3 is 9.47 Å². The Balaban J connectivity index is 2.32. The number of hydrogen-bond donors (Lipinski definition) is 0. The Morgan fingerprint density at radius 1 is 0.700 bits per heavy atom. The molecule has 0 aliphatic rings. The zero-order valence-electron chi connectivity index (χ0n) is 12.7. The molecule has 0 atom stereocenters. The summed E-state index contributed by atoms with van der Waals surface area (Å²) < 4.78 is 10.4. The first kappa shape index (κ1) is 14.8. The van der Waals surface area contributed by atoms with Crippen molar-refractivity contribution in [2.45, 2.75) is 27.1 Å². The highest BCUT2D eigenvalue weighted by atomic mass is 16.5. The lowest BCUT2D eigenvalue weighted by atomic mass is 9.97. The van der Waals surface area contributed by atoms with E-state index in [1.54, 1.807) is 14.2 Å². The smallest absolute Gasteiger partial charge is 0.0715 e. The van der Waals surface area contributed by atoms with Crippen LogP contribution in [0.25, 0.3) is 11.1 Å². The van der Waals surface area contributed by atoms with Crippen molar-refractivity contribution in [3.05, 3.63) is 58.7 Å². The van der Waals surface area contributed by atoms with Crippen LogP contribution in [0.5, 0.6) is 0 Å². The van der Waals surface area contributed by atoms with Gasteiger partial charge in [-0.2, -0.15) is 0 Å². The van der Waals surface area contributed by atoms with E-state index in [1.807, 2.05) is 0 Å². The zero-order chi connectivity index (χ0) is 14.5. The molecular formula is C18H22O2. The van der Waals surface area contributed by atoms with E-state index in [0.29, 0.717) is 13.2 Å². The largest absolute Gasteiger partial charge is 0.380 e. The molecule has 20 heavy (non-hydrogen) atoms. The fourth-order valence-electron chi connectivity index (χ4n) is 2.39. The standard InChI is InChI=1S/C18H22O2/c1-13-9-15(5-7-17(13)11-19-3)16-6-8-18(12-20-4)14(2)10-16/h5-10H,11-12H2,1-4H3. The summed E-state index contributed by atoms with van der Waals surface area (Å²) in [7, 11) is 3.45. The van der Waals surface area contributed by atoms with Gasteiger partial charge in [0, 0.05) is 14.2 Å². The van der Waals surface area contributed by atoms with Crippen molar-refractivity contribution in [3.8, 4) is 11.1 Å². The highest BCUT2D eigenvalue weighted by molar-refractivity contribution is 5.66. The fraction of sp³-hybridized carbons (Fsp3) is 0.333. The van der Waals surface area contributed by atoms with Gasteiger partial charge in [-0.3, -0.25) is 0 Å². The van der Waals surface area contributed by atoms with Crippen LogP contribution in [-0.4, -0.2) is 14.2 Å². The maximum atomic E-state index is 5.20. The van der Waals surface area contributed by atoms with E-state index in [0.717, 1.165) is 0 Å². The summed E-state index contributed by atoms with van der Waals surface area (Å²) in [5, 5.41) is 0. The minimum Gasteiger partial charge on any atom is -0.380 e. The molecule has 0 heterocycles. The van der Waals surface area contributed by atoms with E-state index in [4.69, 9.17) is 9.47 Å². The van der Waals surface area contributed by atoms with E-state index in [-0.39, 0.29) is 0 Å². The molecule has 0 fully saturated rings. The lowest BCUT2D eigenvalue weighted by Gasteiger charge is -2.11. The van der Waals surface area contributed by atoms with Crippen molar-refractivity contribution in [2.75, 3.05) is 14.2 Å². The van der Waals surface area contributed by atoms with Crippen LogP contribution in [0.15, 0.2) is 36.4 Å². The topological polar surface area (TPSA) is 18.5 Å². The van der Waals surface area contributed by atoms with Gasteiger partial charge in [0.05, 0.1) is 13.2 Å². The molecule has 2 rings (SSSR count). The average Bonchev–Trinajstić information content (AvgIpc) is 2.44. The quantitative estimate of drug-likeness (QED) is 0.808. The third-order valence-electron chi connectivity index (χ3n) is 3.62. The van der Waals surface area contributed by atoms with Crippen LogP contribution < -0.4 is 0 Å². The Kier molecular flexibility index (Phi) is 4.94. The van der Waals surface area contributed by atoms with Crippen molar-refractivity contribution in [2.24, 2.45) is 0 Å². The molecule has 0 spiro atoms. The number of ether oxygens (including phenoxy) is 2.